The average molecular weight is 402 g/mol. The molecule has 0 saturated carbocycles. The Morgan fingerprint density at radius 3 is 2.63 bits per heavy atom. The standard InChI is InChI=1S/C22H18N4O4/c1-14-8-9-16(24-12-14)13-25-20(27)18-7-4-10-23-19(18)26(22(25)29)17-6-3-5-15(11-17)21(28)30-2/h3-12H,13H2,1-2H3. The van der Waals surface area contributed by atoms with Gasteiger partial charge in [0.15, 0.2) is 5.65 Å². The second kappa shape index (κ2) is 7.75. The van der Waals surface area contributed by atoms with Crippen LogP contribution in [0.5, 0.6) is 0 Å². The highest BCUT2D eigenvalue weighted by Crippen LogP contribution is 2.14. The molecule has 8 nitrogen and oxygen atoms in total. The summed E-state index contributed by atoms with van der Waals surface area (Å²) in [4.78, 5) is 46.9. The minimum absolute atomic E-state index is 0.0134. The van der Waals surface area contributed by atoms with E-state index in [0.717, 1.165) is 10.1 Å². The molecule has 30 heavy (non-hydrogen) atoms. The molecule has 8 heteroatoms. The molecule has 4 rings (SSSR count). The minimum atomic E-state index is -0.574. The molecular weight excluding hydrogens is 384 g/mol. The Hall–Kier alpha value is -4.07. The van der Waals surface area contributed by atoms with E-state index in [1.807, 2.05) is 13.0 Å². The van der Waals surface area contributed by atoms with Crippen LogP contribution in [-0.2, 0) is 11.3 Å². The van der Waals surface area contributed by atoms with Crippen LogP contribution in [0.3, 0.4) is 0 Å². The maximum absolute atomic E-state index is 13.4. The van der Waals surface area contributed by atoms with Gasteiger partial charge in [0.25, 0.3) is 5.56 Å². The van der Waals surface area contributed by atoms with Crippen LogP contribution in [0.1, 0.15) is 21.6 Å². The van der Waals surface area contributed by atoms with Gasteiger partial charge in [0.05, 0.1) is 36.0 Å². The maximum atomic E-state index is 13.4. The Morgan fingerprint density at radius 2 is 1.90 bits per heavy atom. The van der Waals surface area contributed by atoms with Gasteiger partial charge in [0.1, 0.15) is 0 Å². The number of carbonyl (C=O) groups is 1. The van der Waals surface area contributed by atoms with Crippen molar-refractivity contribution in [2.24, 2.45) is 0 Å². The van der Waals surface area contributed by atoms with Crippen LogP contribution in [0, 0.1) is 6.92 Å². The van der Waals surface area contributed by atoms with E-state index in [9.17, 15) is 14.4 Å². The number of hydrogen-bond donors (Lipinski definition) is 0. The predicted molar refractivity (Wildman–Crippen MR) is 111 cm³/mol. The largest absolute Gasteiger partial charge is 0.465 e. The van der Waals surface area contributed by atoms with E-state index in [0.29, 0.717) is 11.4 Å². The van der Waals surface area contributed by atoms with Crippen LogP contribution in [0.4, 0.5) is 0 Å². The van der Waals surface area contributed by atoms with Gasteiger partial charge in [0, 0.05) is 12.4 Å². The summed E-state index contributed by atoms with van der Waals surface area (Å²) in [7, 11) is 1.28. The van der Waals surface area contributed by atoms with Crippen LogP contribution < -0.4 is 11.2 Å². The molecule has 0 N–H and O–H groups in total. The molecule has 0 fully saturated rings. The van der Waals surface area contributed by atoms with Crippen molar-refractivity contribution >= 4 is 17.0 Å². The quantitative estimate of drug-likeness (QED) is 0.485. The topological polar surface area (TPSA) is 96.1 Å². The molecule has 1 aromatic carbocycles. The van der Waals surface area contributed by atoms with Gasteiger partial charge >= 0.3 is 11.7 Å². The van der Waals surface area contributed by atoms with Crippen molar-refractivity contribution in [1.29, 1.82) is 0 Å². The third-order valence-electron chi connectivity index (χ3n) is 4.71. The molecule has 0 radical (unpaired) electrons. The van der Waals surface area contributed by atoms with Gasteiger partial charge in [-0.25, -0.2) is 19.1 Å². The van der Waals surface area contributed by atoms with Gasteiger partial charge in [-0.1, -0.05) is 12.1 Å². The monoisotopic (exact) mass is 402 g/mol. The summed E-state index contributed by atoms with van der Waals surface area (Å²) in [6.45, 7) is 1.92. The van der Waals surface area contributed by atoms with E-state index in [1.54, 1.807) is 42.6 Å². The molecular formula is C22H18N4O4. The van der Waals surface area contributed by atoms with Crippen LogP contribution in [0.15, 0.2) is 70.5 Å². The van der Waals surface area contributed by atoms with E-state index in [4.69, 9.17) is 4.74 Å². The number of ether oxygens (including phenoxy) is 1. The van der Waals surface area contributed by atoms with Crippen LogP contribution in [-0.4, -0.2) is 32.2 Å². The number of aryl methyl sites for hydroxylation is 1. The zero-order chi connectivity index (χ0) is 21.3. The molecule has 0 atom stereocenters. The molecule has 0 aliphatic heterocycles. The Kier molecular flexibility index (Phi) is 4.97. The number of rotatable bonds is 4. The van der Waals surface area contributed by atoms with Gasteiger partial charge < -0.3 is 4.74 Å². The Labute approximate surface area is 171 Å². The fraction of sp³-hybridized carbons (Fsp3) is 0.136. The summed E-state index contributed by atoms with van der Waals surface area (Å²) >= 11 is 0. The summed E-state index contributed by atoms with van der Waals surface area (Å²) in [6, 6.07) is 13.3. The number of pyridine rings is 2. The minimum Gasteiger partial charge on any atom is -0.465 e. The van der Waals surface area contributed by atoms with Crippen molar-refractivity contribution in [3.05, 3.63) is 98.6 Å². The van der Waals surface area contributed by atoms with Gasteiger partial charge in [-0.3, -0.25) is 14.3 Å². The molecule has 150 valence electrons. The number of aromatic nitrogens is 4. The van der Waals surface area contributed by atoms with Crippen molar-refractivity contribution in [2.75, 3.05) is 7.11 Å². The molecule has 0 unspecified atom stereocenters. The number of esters is 1. The lowest BCUT2D eigenvalue weighted by Crippen LogP contribution is -2.40. The van der Waals surface area contributed by atoms with Crippen molar-refractivity contribution in [3.63, 3.8) is 0 Å². The molecule has 3 aromatic heterocycles. The molecule has 0 aliphatic carbocycles. The number of nitrogens with zero attached hydrogens (tertiary/aromatic N) is 4. The smallest absolute Gasteiger partial charge is 0.337 e. The predicted octanol–water partition coefficient (Wildman–Crippen LogP) is 2.09. The van der Waals surface area contributed by atoms with E-state index >= 15 is 0 Å². The highest BCUT2D eigenvalue weighted by atomic mass is 16.5. The summed E-state index contributed by atoms with van der Waals surface area (Å²) in [5.74, 6) is -0.528. The summed E-state index contributed by atoms with van der Waals surface area (Å²) in [6.07, 6.45) is 3.19. The zero-order valence-electron chi connectivity index (χ0n) is 16.4. The summed E-state index contributed by atoms with van der Waals surface area (Å²) < 4.78 is 7.21. The first-order valence-corrected chi connectivity index (χ1v) is 9.20. The van der Waals surface area contributed by atoms with E-state index < -0.39 is 17.2 Å². The van der Waals surface area contributed by atoms with Crippen molar-refractivity contribution in [2.45, 2.75) is 13.5 Å². The lowest BCUT2D eigenvalue weighted by Gasteiger charge is -2.14. The van der Waals surface area contributed by atoms with Crippen LogP contribution in [0.2, 0.25) is 0 Å². The van der Waals surface area contributed by atoms with Gasteiger partial charge in [-0.05, 0) is 48.9 Å². The number of hydrogen-bond acceptors (Lipinski definition) is 6. The Bertz CT molecular complexity index is 1370. The van der Waals surface area contributed by atoms with E-state index in [-0.39, 0.29) is 23.1 Å². The second-order valence-corrected chi connectivity index (χ2v) is 6.75. The fourth-order valence-corrected chi connectivity index (χ4v) is 3.20. The summed E-state index contributed by atoms with van der Waals surface area (Å²) in [5, 5.41) is 0.285. The van der Waals surface area contributed by atoms with E-state index in [1.165, 1.54) is 23.9 Å². The van der Waals surface area contributed by atoms with Gasteiger partial charge in [0.2, 0.25) is 0 Å². The Morgan fingerprint density at radius 1 is 1.07 bits per heavy atom. The highest BCUT2D eigenvalue weighted by Gasteiger charge is 2.17. The summed E-state index contributed by atoms with van der Waals surface area (Å²) in [5.41, 5.74) is 1.42. The lowest BCUT2D eigenvalue weighted by atomic mass is 10.2. The molecule has 0 amide bonds. The van der Waals surface area contributed by atoms with Crippen molar-refractivity contribution in [1.82, 2.24) is 19.1 Å². The second-order valence-electron chi connectivity index (χ2n) is 6.75. The molecule has 3 heterocycles. The number of benzene rings is 1. The van der Waals surface area contributed by atoms with Gasteiger partial charge in [-0.2, -0.15) is 0 Å². The lowest BCUT2D eigenvalue weighted by molar-refractivity contribution is 0.0600. The third-order valence-corrected chi connectivity index (χ3v) is 4.71. The first kappa shape index (κ1) is 19.3. The molecule has 0 aliphatic rings. The highest BCUT2D eigenvalue weighted by molar-refractivity contribution is 5.90. The van der Waals surface area contributed by atoms with Crippen LogP contribution >= 0.6 is 0 Å². The van der Waals surface area contributed by atoms with Gasteiger partial charge in [-0.15, -0.1) is 0 Å². The van der Waals surface area contributed by atoms with Crippen molar-refractivity contribution in [3.8, 4) is 5.69 Å². The fourth-order valence-electron chi connectivity index (χ4n) is 3.20. The third kappa shape index (κ3) is 3.39. The first-order valence-electron chi connectivity index (χ1n) is 9.20. The number of carbonyl (C=O) groups excluding carboxylic acids is 1. The van der Waals surface area contributed by atoms with Crippen LogP contribution in [0.25, 0.3) is 16.7 Å². The first-order chi connectivity index (χ1) is 14.5. The maximum Gasteiger partial charge on any atom is 0.337 e. The van der Waals surface area contributed by atoms with E-state index in [2.05, 4.69) is 9.97 Å². The zero-order valence-corrected chi connectivity index (χ0v) is 16.4. The molecule has 0 saturated heterocycles. The molecule has 4 aromatic rings. The SMILES string of the molecule is COC(=O)c1cccc(-n2c(=O)n(Cc3ccc(C)cn3)c(=O)c3cccnc32)c1. The Balaban J connectivity index is 1.98. The molecule has 0 bridgehead atoms. The normalized spacial score (nSPS) is 10.9. The average Bonchev–Trinajstić information content (AvgIpc) is 2.77. The number of fused-ring (bicyclic) bond motifs is 1. The number of methoxy groups -OCH3 is 1. The molecule has 0 spiro atoms. The van der Waals surface area contributed by atoms with Crippen molar-refractivity contribution < 1.29 is 9.53 Å².